The zero-order valence-electron chi connectivity index (χ0n) is 21.6. The standard InChI is InChI=1S/C32H32N2O5/c35-31(34-38)7-3-4-18-39-30-16-15-28(26-12-8-23(9-13-26)11-17-32(36)37)20-29(30)22-33-21-24-10-14-25-5-1-2-6-27(25)19-24/h1-2,5-6,8-17,19-20,33,38H,3-4,7,18,21-22H2,(H,34,35)(H,36,37). The van der Waals surface area contributed by atoms with Gasteiger partial charge in [-0.3, -0.25) is 10.0 Å². The molecule has 0 unspecified atom stereocenters. The quantitative estimate of drug-likeness (QED) is 0.0745. The zero-order valence-corrected chi connectivity index (χ0v) is 21.6. The van der Waals surface area contributed by atoms with Crippen molar-refractivity contribution in [1.82, 2.24) is 10.8 Å². The molecule has 0 aliphatic rings. The fourth-order valence-electron chi connectivity index (χ4n) is 4.31. The van der Waals surface area contributed by atoms with Crippen LogP contribution in [0.15, 0.2) is 91.0 Å². The van der Waals surface area contributed by atoms with Crippen LogP contribution in [0.2, 0.25) is 0 Å². The summed E-state index contributed by atoms with van der Waals surface area (Å²) in [4.78, 5) is 22.0. The Bertz CT molecular complexity index is 1450. The Morgan fingerprint density at radius 2 is 1.59 bits per heavy atom. The molecular formula is C32H32N2O5. The van der Waals surface area contributed by atoms with Crippen LogP contribution < -0.4 is 15.5 Å². The van der Waals surface area contributed by atoms with Crippen molar-refractivity contribution in [1.29, 1.82) is 0 Å². The molecular weight excluding hydrogens is 492 g/mol. The molecule has 7 nitrogen and oxygen atoms in total. The van der Waals surface area contributed by atoms with E-state index in [4.69, 9.17) is 15.1 Å². The molecule has 0 spiro atoms. The van der Waals surface area contributed by atoms with Crippen LogP contribution in [0.25, 0.3) is 28.0 Å². The van der Waals surface area contributed by atoms with Crippen LogP contribution in [0.1, 0.15) is 36.0 Å². The van der Waals surface area contributed by atoms with Gasteiger partial charge >= 0.3 is 5.97 Å². The predicted octanol–water partition coefficient (Wildman–Crippen LogP) is 5.95. The Hall–Kier alpha value is -4.46. The van der Waals surface area contributed by atoms with Crippen molar-refractivity contribution in [3.8, 4) is 16.9 Å². The van der Waals surface area contributed by atoms with Gasteiger partial charge < -0.3 is 15.2 Å². The summed E-state index contributed by atoms with van der Waals surface area (Å²) in [5.41, 5.74) is 6.71. The monoisotopic (exact) mass is 524 g/mol. The molecule has 0 saturated heterocycles. The van der Waals surface area contributed by atoms with Crippen molar-refractivity contribution in [2.75, 3.05) is 6.61 Å². The largest absolute Gasteiger partial charge is 0.493 e. The third-order valence-electron chi connectivity index (χ3n) is 6.36. The number of carbonyl (C=O) groups excluding carboxylic acids is 1. The van der Waals surface area contributed by atoms with E-state index in [1.165, 1.54) is 16.3 Å². The summed E-state index contributed by atoms with van der Waals surface area (Å²) < 4.78 is 6.08. The number of hydrogen-bond donors (Lipinski definition) is 4. The molecule has 4 N–H and O–H groups in total. The van der Waals surface area contributed by atoms with Crippen molar-refractivity contribution in [2.45, 2.75) is 32.4 Å². The minimum absolute atomic E-state index is 0.247. The first-order chi connectivity index (χ1) is 19.0. The normalized spacial score (nSPS) is 11.1. The third-order valence-corrected chi connectivity index (χ3v) is 6.36. The van der Waals surface area contributed by atoms with Crippen LogP contribution in [0.3, 0.4) is 0 Å². The molecule has 4 aromatic carbocycles. The summed E-state index contributed by atoms with van der Waals surface area (Å²) in [6.45, 7) is 1.76. The van der Waals surface area contributed by atoms with Gasteiger partial charge in [-0.25, -0.2) is 10.3 Å². The first kappa shape index (κ1) is 27.6. The summed E-state index contributed by atoms with van der Waals surface area (Å²) in [5.74, 6) is -0.605. The van der Waals surface area contributed by atoms with E-state index in [9.17, 15) is 9.59 Å². The third kappa shape index (κ3) is 8.26. The van der Waals surface area contributed by atoms with Gasteiger partial charge in [-0.2, -0.15) is 0 Å². The van der Waals surface area contributed by atoms with Gasteiger partial charge in [-0.15, -0.1) is 0 Å². The van der Waals surface area contributed by atoms with Crippen molar-refractivity contribution >= 4 is 28.7 Å². The molecule has 7 heteroatoms. The lowest BCUT2D eigenvalue weighted by atomic mass is 10.0. The molecule has 200 valence electrons. The van der Waals surface area contributed by atoms with Gasteiger partial charge in [0.2, 0.25) is 5.91 Å². The minimum Gasteiger partial charge on any atom is -0.493 e. The van der Waals surface area contributed by atoms with Gasteiger partial charge in [-0.05, 0) is 70.1 Å². The second-order valence-electron chi connectivity index (χ2n) is 9.24. The molecule has 4 rings (SSSR count). The maximum absolute atomic E-state index is 11.2. The van der Waals surface area contributed by atoms with Gasteiger partial charge in [0, 0.05) is 31.1 Å². The van der Waals surface area contributed by atoms with E-state index in [1.807, 2.05) is 48.5 Å². The van der Waals surface area contributed by atoms with Crippen molar-refractivity contribution in [2.24, 2.45) is 0 Å². The number of rotatable bonds is 13. The molecule has 0 heterocycles. The molecule has 39 heavy (non-hydrogen) atoms. The number of amides is 1. The lowest BCUT2D eigenvalue weighted by molar-refractivity contribution is -0.131. The molecule has 4 aromatic rings. The topological polar surface area (TPSA) is 108 Å². The first-order valence-corrected chi connectivity index (χ1v) is 12.9. The molecule has 0 saturated carbocycles. The zero-order chi connectivity index (χ0) is 27.5. The van der Waals surface area contributed by atoms with E-state index in [0.717, 1.165) is 34.1 Å². The number of aliphatic carboxylic acids is 1. The Morgan fingerprint density at radius 3 is 2.36 bits per heavy atom. The number of nitrogens with one attached hydrogen (secondary N) is 2. The number of unbranched alkanes of at least 4 members (excludes halogenated alkanes) is 1. The van der Waals surface area contributed by atoms with E-state index in [2.05, 4.69) is 41.7 Å². The average Bonchev–Trinajstić information content (AvgIpc) is 2.96. The van der Waals surface area contributed by atoms with Crippen LogP contribution in [-0.2, 0) is 22.7 Å². The van der Waals surface area contributed by atoms with Gasteiger partial charge in [0.05, 0.1) is 6.61 Å². The van der Waals surface area contributed by atoms with Crippen LogP contribution in [0.5, 0.6) is 5.75 Å². The van der Waals surface area contributed by atoms with Crippen molar-refractivity contribution < 1.29 is 24.6 Å². The number of carboxylic acids is 1. The number of carboxylic acid groups (broad SMARTS) is 1. The molecule has 0 aliphatic heterocycles. The molecule has 0 aromatic heterocycles. The smallest absolute Gasteiger partial charge is 0.328 e. The SMILES string of the molecule is O=C(O)C=Cc1ccc(-c2ccc(OCCCCC(=O)NO)c(CNCc3ccc4ccccc4c3)c2)cc1. The number of hydroxylamine groups is 1. The lowest BCUT2D eigenvalue weighted by Gasteiger charge is -2.15. The predicted molar refractivity (Wildman–Crippen MR) is 152 cm³/mol. The molecule has 0 bridgehead atoms. The summed E-state index contributed by atoms with van der Waals surface area (Å²) >= 11 is 0. The lowest BCUT2D eigenvalue weighted by Crippen LogP contribution is -2.18. The van der Waals surface area contributed by atoms with E-state index in [0.29, 0.717) is 32.5 Å². The van der Waals surface area contributed by atoms with Gasteiger partial charge in [0.25, 0.3) is 0 Å². The molecule has 0 radical (unpaired) electrons. The average molecular weight is 525 g/mol. The maximum Gasteiger partial charge on any atom is 0.328 e. The summed E-state index contributed by atoms with van der Waals surface area (Å²) in [5, 5.41) is 23.4. The van der Waals surface area contributed by atoms with Gasteiger partial charge in [0.15, 0.2) is 0 Å². The Kier molecular flexibility index (Phi) is 9.83. The number of benzene rings is 4. The van der Waals surface area contributed by atoms with Crippen LogP contribution in [0.4, 0.5) is 0 Å². The maximum atomic E-state index is 11.2. The number of ether oxygens (including phenoxy) is 1. The van der Waals surface area contributed by atoms with Crippen molar-refractivity contribution in [3.05, 3.63) is 108 Å². The summed E-state index contributed by atoms with van der Waals surface area (Å²) in [6.07, 6.45) is 4.23. The molecule has 0 atom stereocenters. The highest BCUT2D eigenvalue weighted by Crippen LogP contribution is 2.28. The second-order valence-corrected chi connectivity index (χ2v) is 9.24. The van der Waals surface area contributed by atoms with E-state index < -0.39 is 11.9 Å². The second kappa shape index (κ2) is 13.9. The highest BCUT2D eigenvalue weighted by Gasteiger charge is 2.09. The first-order valence-electron chi connectivity index (χ1n) is 12.9. The highest BCUT2D eigenvalue weighted by molar-refractivity contribution is 5.85. The number of carbonyl (C=O) groups is 2. The Morgan fingerprint density at radius 1 is 0.821 bits per heavy atom. The van der Waals surface area contributed by atoms with Gasteiger partial charge in [-0.1, -0.05) is 66.7 Å². The van der Waals surface area contributed by atoms with Crippen molar-refractivity contribution in [3.63, 3.8) is 0 Å². The minimum atomic E-state index is -0.979. The Labute approximate surface area is 227 Å². The summed E-state index contributed by atoms with van der Waals surface area (Å²) in [7, 11) is 0. The molecule has 1 amide bonds. The fourth-order valence-corrected chi connectivity index (χ4v) is 4.31. The van der Waals surface area contributed by atoms with Crippen LogP contribution in [0, 0.1) is 0 Å². The van der Waals surface area contributed by atoms with E-state index in [1.54, 1.807) is 11.6 Å². The molecule has 0 fully saturated rings. The number of fused-ring (bicyclic) bond motifs is 1. The summed E-state index contributed by atoms with van der Waals surface area (Å²) in [6, 6.07) is 28.5. The van der Waals surface area contributed by atoms with E-state index >= 15 is 0 Å². The Balaban J connectivity index is 1.46. The van der Waals surface area contributed by atoms with Crippen LogP contribution in [-0.4, -0.2) is 28.8 Å². The van der Waals surface area contributed by atoms with Crippen LogP contribution >= 0.6 is 0 Å². The van der Waals surface area contributed by atoms with Gasteiger partial charge in [0.1, 0.15) is 5.75 Å². The molecule has 0 aliphatic carbocycles. The number of hydrogen-bond acceptors (Lipinski definition) is 5. The highest BCUT2D eigenvalue weighted by atomic mass is 16.5. The fraction of sp³-hybridized carbons (Fsp3) is 0.188. The van der Waals surface area contributed by atoms with E-state index in [-0.39, 0.29) is 6.42 Å².